The average Bonchev–Trinajstić information content (AvgIpc) is 2.10. The number of aliphatic imine (C=N–C) groups is 1. The number of hydrogen-bond donors (Lipinski definition) is 1. The minimum Gasteiger partial charge on any atom is -0.353 e. The normalized spacial score (nSPS) is 14.2. The first-order valence-corrected chi connectivity index (χ1v) is 17.3. The van der Waals surface area contributed by atoms with Crippen molar-refractivity contribution in [2.24, 2.45) is 9.65 Å². The standard InChI is InChI=1S/C13H31N3Si3/c1-17(2,3)13(18(4,5)6)10-14-11-15-12-16-19(7,8)9/h10-12H,1-9H3,(H,14,15,16). The fraction of sp³-hybridized carbons (Fsp3) is 0.692. The molecule has 19 heavy (non-hydrogen) atoms. The summed E-state index contributed by atoms with van der Waals surface area (Å²) in [5.41, 5.74) is 0. The van der Waals surface area contributed by atoms with Gasteiger partial charge in [-0.05, 0) is 25.8 Å². The lowest BCUT2D eigenvalue weighted by molar-refractivity contribution is 1.30. The molecular weight excluding hydrogens is 282 g/mol. The van der Waals surface area contributed by atoms with Crippen LogP contribution in [0.25, 0.3) is 0 Å². The van der Waals surface area contributed by atoms with Crippen LogP contribution in [0, 0.1) is 0 Å². The third-order valence-electron chi connectivity index (χ3n) is 2.50. The van der Waals surface area contributed by atoms with Crippen LogP contribution in [0.5, 0.6) is 0 Å². The zero-order chi connectivity index (χ0) is 15.3. The van der Waals surface area contributed by atoms with Gasteiger partial charge in [-0.15, -0.1) is 0 Å². The van der Waals surface area contributed by atoms with E-state index in [9.17, 15) is 0 Å². The van der Waals surface area contributed by atoms with E-state index in [0.717, 1.165) is 0 Å². The molecule has 0 aliphatic rings. The largest absolute Gasteiger partial charge is 0.353 e. The second-order valence-electron chi connectivity index (χ2n) is 7.92. The van der Waals surface area contributed by atoms with Gasteiger partial charge in [0.15, 0.2) is 8.24 Å². The highest BCUT2D eigenvalue weighted by Gasteiger charge is 2.30. The Bertz CT molecular complexity index is 350. The smallest absolute Gasteiger partial charge is 0.174 e. The van der Waals surface area contributed by atoms with E-state index >= 15 is 0 Å². The summed E-state index contributed by atoms with van der Waals surface area (Å²) in [5.74, 6) is 0. The monoisotopic (exact) mass is 313 g/mol. The van der Waals surface area contributed by atoms with Crippen molar-refractivity contribution >= 4 is 37.1 Å². The Balaban J connectivity index is 4.69. The predicted molar refractivity (Wildman–Crippen MR) is 98.2 cm³/mol. The number of nitrogens with zero attached hydrogens (tertiary/aromatic N) is 2. The molecule has 0 heterocycles. The predicted octanol–water partition coefficient (Wildman–Crippen LogP) is 4.11. The molecule has 0 unspecified atom stereocenters. The lowest BCUT2D eigenvalue weighted by atomic mass is 10.9. The summed E-state index contributed by atoms with van der Waals surface area (Å²) < 4.78 is 4.44. The maximum atomic E-state index is 4.44. The van der Waals surface area contributed by atoms with Crippen LogP contribution in [0.1, 0.15) is 0 Å². The van der Waals surface area contributed by atoms with Crippen LogP contribution < -0.4 is 5.32 Å². The van der Waals surface area contributed by atoms with Gasteiger partial charge in [-0.1, -0.05) is 44.1 Å². The van der Waals surface area contributed by atoms with Crippen LogP contribution in [0.15, 0.2) is 20.7 Å². The number of rotatable bonds is 6. The molecule has 6 heteroatoms. The van der Waals surface area contributed by atoms with Crippen LogP contribution in [0.2, 0.25) is 58.9 Å². The summed E-state index contributed by atoms with van der Waals surface area (Å²) in [6.07, 6.45) is 5.60. The molecular formula is C13H31N3Si3. The molecule has 0 fully saturated rings. The molecule has 0 aliphatic heterocycles. The molecule has 110 valence electrons. The maximum Gasteiger partial charge on any atom is 0.174 e. The van der Waals surface area contributed by atoms with E-state index in [1.165, 1.54) is 0 Å². The van der Waals surface area contributed by atoms with E-state index in [0.29, 0.717) is 0 Å². The highest BCUT2D eigenvalue weighted by molar-refractivity contribution is 7.04. The Labute approximate surface area is 122 Å². The van der Waals surface area contributed by atoms with Gasteiger partial charge in [-0.2, -0.15) is 0 Å². The van der Waals surface area contributed by atoms with E-state index in [2.05, 4.69) is 80.1 Å². The average molecular weight is 314 g/mol. The van der Waals surface area contributed by atoms with Gasteiger partial charge in [-0.3, -0.25) is 0 Å². The minimum absolute atomic E-state index is 1.25. The Morgan fingerprint density at radius 1 is 0.842 bits per heavy atom. The van der Waals surface area contributed by atoms with Gasteiger partial charge in [0.1, 0.15) is 6.34 Å². The van der Waals surface area contributed by atoms with Crippen LogP contribution in [0.4, 0.5) is 0 Å². The molecule has 0 aromatic carbocycles. The van der Waals surface area contributed by atoms with E-state index in [-0.39, 0.29) is 0 Å². The molecule has 0 rings (SSSR count). The van der Waals surface area contributed by atoms with Gasteiger partial charge < -0.3 is 9.97 Å². The second kappa shape index (κ2) is 6.81. The highest BCUT2D eigenvalue weighted by Crippen LogP contribution is 2.24. The molecule has 0 aromatic heterocycles. The fourth-order valence-corrected chi connectivity index (χ4v) is 12.4. The SMILES string of the molecule is C[Si](C)(C)N=CN=CNC=C([Si](C)(C)C)[Si](C)(C)C. The quantitative estimate of drug-likeness (QED) is 0.447. The van der Waals surface area contributed by atoms with Gasteiger partial charge in [0.05, 0.1) is 22.5 Å². The first kappa shape index (κ1) is 18.5. The molecule has 0 spiro atoms. The lowest BCUT2D eigenvalue weighted by Crippen LogP contribution is -2.41. The minimum atomic E-state index is -1.37. The third-order valence-corrected chi connectivity index (χ3v) is 11.4. The van der Waals surface area contributed by atoms with E-state index in [4.69, 9.17) is 0 Å². The summed E-state index contributed by atoms with van der Waals surface area (Å²) in [6.45, 7) is 21.0. The molecule has 3 nitrogen and oxygen atoms in total. The Kier molecular flexibility index (Phi) is 6.64. The molecule has 0 aliphatic carbocycles. The summed E-state index contributed by atoms with van der Waals surface area (Å²) in [6, 6.07) is 0. The molecule has 0 aromatic rings. The molecule has 1 N–H and O–H groups in total. The Hall–Kier alpha value is -0.469. The summed E-state index contributed by atoms with van der Waals surface area (Å²) in [5, 5.41) is 3.22. The first-order valence-electron chi connectivity index (χ1n) is 6.86. The lowest BCUT2D eigenvalue weighted by Gasteiger charge is -2.31. The molecule has 0 amide bonds. The van der Waals surface area contributed by atoms with Crippen molar-refractivity contribution in [1.29, 1.82) is 0 Å². The summed E-state index contributed by atoms with van der Waals surface area (Å²) in [4.78, 5) is 5.83. The van der Waals surface area contributed by atoms with Gasteiger partial charge in [0.2, 0.25) is 0 Å². The van der Waals surface area contributed by atoms with Crippen molar-refractivity contribution in [3.8, 4) is 0 Å². The molecule has 0 atom stereocenters. The van der Waals surface area contributed by atoms with Gasteiger partial charge in [0.25, 0.3) is 0 Å². The molecule has 0 radical (unpaired) electrons. The van der Waals surface area contributed by atoms with Crippen LogP contribution in [0.3, 0.4) is 0 Å². The van der Waals surface area contributed by atoms with E-state index in [1.54, 1.807) is 17.5 Å². The topological polar surface area (TPSA) is 36.8 Å². The zero-order valence-electron chi connectivity index (χ0n) is 14.1. The zero-order valence-corrected chi connectivity index (χ0v) is 17.1. The first-order chi connectivity index (χ1) is 8.34. The fourth-order valence-electron chi connectivity index (χ4n) is 1.96. The Morgan fingerprint density at radius 2 is 1.32 bits per heavy atom. The van der Waals surface area contributed by atoms with E-state index < -0.39 is 24.4 Å². The summed E-state index contributed by atoms with van der Waals surface area (Å²) in [7, 11) is -3.87. The molecule has 0 saturated carbocycles. The summed E-state index contributed by atoms with van der Waals surface area (Å²) >= 11 is 0. The third kappa shape index (κ3) is 9.12. The van der Waals surface area contributed by atoms with Crippen molar-refractivity contribution in [3.63, 3.8) is 0 Å². The van der Waals surface area contributed by atoms with Crippen LogP contribution in [-0.2, 0) is 0 Å². The van der Waals surface area contributed by atoms with Crippen molar-refractivity contribution in [3.05, 3.63) is 11.0 Å². The van der Waals surface area contributed by atoms with E-state index in [1.807, 2.05) is 0 Å². The molecule has 0 saturated heterocycles. The van der Waals surface area contributed by atoms with Gasteiger partial charge in [-0.25, -0.2) is 4.99 Å². The highest BCUT2D eigenvalue weighted by atomic mass is 28.4. The Morgan fingerprint density at radius 3 is 1.68 bits per heavy atom. The van der Waals surface area contributed by atoms with Gasteiger partial charge >= 0.3 is 0 Å². The number of nitrogens with one attached hydrogen (secondary N) is 1. The van der Waals surface area contributed by atoms with Crippen molar-refractivity contribution in [1.82, 2.24) is 5.32 Å². The van der Waals surface area contributed by atoms with Crippen molar-refractivity contribution < 1.29 is 0 Å². The van der Waals surface area contributed by atoms with Crippen molar-refractivity contribution in [2.45, 2.75) is 58.9 Å². The van der Waals surface area contributed by atoms with Crippen LogP contribution >= 0.6 is 0 Å². The molecule has 0 bridgehead atoms. The number of hydrogen-bond acceptors (Lipinski definition) is 1. The van der Waals surface area contributed by atoms with Crippen molar-refractivity contribution in [2.75, 3.05) is 0 Å². The van der Waals surface area contributed by atoms with Crippen LogP contribution in [-0.4, -0.2) is 37.1 Å². The maximum absolute atomic E-state index is 4.44. The second-order valence-corrected chi connectivity index (χ2v) is 23.1. The van der Waals surface area contributed by atoms with Gasteiger partial charge in [0, 0.05) is 0 Å².